The largest absolute Gasteiger partial charge is 0.374 e. The van der Waals surface area contributed by atoms with Crippen LogP contribution in [0.1, 0.15) is 39.3 Å². The summed E-state index contributed by atoms with van der Waals surface area (Å²) in [4.78, 5) is 0. The standard InChI is InChI=1S/C14H21F2NO/c1-5-17-13(14(3,4)18-6-2)10-7-11(15)9-12(16)8-10/h7-9,13,17H,5-6H2,1-4H3. The van der Waals surface area contributed by atoms with Gasteiger partial charge in [-0.25, -0.2) is 8.78 Å². The zero-order valence-electron chi connectivity index (χ0n) is 11.4. The Morgan fingerprint density at radius 1 is 1.17 bits per heavy atom. The number of benzene rings is 1. The van der Waals surface area contributed by atoms with Crippen molar-refractivity contribution in [2.24, 2.45) is 0 Å². The Morgan fingerprint density at radius 3 is 2.17 bits per heavy atom. The van der Waals surface area contributed by atoms with Crippen LogP contribution in [0.15, 0.2) is 18.2 Å². The van der Waals surface area contributed by atoms with Gasteiger partial charge in [0.05, 0.1) is 11.6 Å². The summed E-state index contributed by atoms with van der Waals surface area (Å²) in [5, 5.41) is 3.22. The average Bonchev–Trinajstić information content (AvgIpc) is 2.24. The number of nitrogens with one attached hydrogen (secondary N) is 1. The molecular formula is C14H21F2NO. The highest BCUT2D eigenvalue weighted by atomic mass is 19.1. The summed E-state index contributed by atoms with van der Waals surface area (Å²) in [5.74, 6) is -1.14. The van der Waals surface area contributed by atoms with E-state index in [4.69, 9.17) is 4.74 Å². The van der Waals surface area contributed by atoms with Gasteiger partial charge in [0, 0.05) is 12.7 Å². The van der Waals surface area contributed by atoms with E-state index in [1.165, 1.54) is 12.1 Å². The second kappa shape index (κ2) is 6.25. The van der Waals surface area contributed by atoms with Gasteiger partial charge in [-0.3, -0.25) is 0 Å². The van der Waals surface area contributed by atoms with Crippen molar-refractivity contribution in [2.45, 2.75) is 39.3 Å². The quantitative estimate of drug-likeness (QED) is 0.843. The summed E-state index contributed by atoms with van der Waals surface area (Å²) < 4.78 is 32.3. The SMILES string of the molecule is CCNC(c1cc(F)cc(F)c1)C(C)(C)OCC. The van der Waals surface area contributed by atoms with Gasteiger partial charge in [-0.05, 0) is 45.0 Å². The van der Waals surface area contributed by atoms with Crippen LogP contribution >= 0.6 is 0 Å². The Morgan fingerprint density at radius 2 is 1.72 bits per heavy atom. The predicted molar refractivity (Wildman–Crippen MR) is 68.5 cm³/mol. The number of hydrogen-bond acceptors (Lipinski definition) is 2. The molecule has 0 aliphatic heterocycles. The highest BCUT2D eigenvalue weighted by Crippen LogP contribution is 2.29. The van der Waals surface area contributed by atoms with E-state index >= 15 is 0 Å². The van der Waals surface area contributed by atoms with E-state index in [1.54, 1.807) is 0 Å². The first-order chi connectivity index (χ1) is 8.40. The maximum absolute atomic E-state index is 13.3. The summed E-state index contributed by atoms with van der Waals surface area (Å²) >= 11 is 0. The van der Waals surface area contributed by atoms with Gasteiger partial charge in [0.2, 0.25) is 0 Å². The number of rotatable bonds is 6. The van der Waals surface area contributed by atoms with E-state index < -0.39 is 17.2 Å². The van der Waals surface area contributed by atoms with Gasteiger partial charge < -0.3 is 10.1 Å². The van der Waals surface area contributed by atoms with E-state index in [0.717, 1.165) is 6.07 Å². The molecule has 1 aromatic carbocycles. The summed E-state index contributed by atoms with van der Waals surface area (Å²) in [6.07, 6.45) is 0. The normalized spacial score (nSPS) is 13.7. The van der Waals surface area contributed by atoms with Crippen LogP contribution in [0.2, 0.25) is 0 Å². The fraction of sp³-hybridized carbons (Fsp3) is 0.571. The van der Waals surface area contributed by atoms with E-state index in [9.17, 15) is 8.78 Å². The summed E-state index contributed by atoms with van der Waals surface area (Å²) in [6.45, 7) is 8.91. The van der Waals surface area contributed by atoms with Gasteiger partial charge in [0.1, 0.15) is 11.6 Å². The second-order valence-corrected chi connectivity index (χ2v) is 4.73. The molecule has 0 heterocycles. The third-order valence-corrected chi connectivity index (χ3v) is 2.84. The van der Waals surface area contributed by atoms with Crippen LogP contribution in [0.25, 0.3) is 0 Å². The molecule has 0 bridgehead atoms. The first-order valence-electron chi connectivity index (χ1n) is 6.24. The third-order valence-electron chi connectivity index (χ3n) is 2.84. The monoisotopic (exact) mass is 257 g/mol. The zero-order valence-corrected chi connectivity index (χ0v) is 11.4. The Kier molecular flexibility index (Phi) is 5.23. The molecule has 1 unspecified atom stereocenters. The van der Waals surface area contributed by atoms with E-state index in [0.29, 0.717) is 18.7 Å². The van der Waals surface area contributed by atoms with E-state index in [1.807, 2.05) is 27.7 Å². The van der Waals surface area contributed by atoms with Gasteiger partial charge >= 0.3 is 0 Å². The van der Waals surface area contributed by atoms with Crippen molar-refractivity contribution >= 4 is 0 Å². The molecule has 0 radical (unpaired) electrons. The van der Waals surface area contributed by atoms with Crippen molar-refractivity contribution in [1.82, 2.24) is 5.32 Å². The summed E-state index contributed by atoms with van der Waals surface area (Å²) in [6, 6.07) is 3.31. The molecule has 1 N–H and O–H groups in total. The molecule has 4 heteroatoms. The molecule has 0 saturated heterocycles. The molecule has 2 nitrogen and oxygen atoms in total. The van der Waals surface area contributed by atoms with Crippen LogP contribution < -0.4 is 5.32 Å². The van der Waals surface area contributed by atoms with Crippen LogP contribution in [0.5, 0.6) is 0 Å². The van der Waals surface area contributed by atoms with Crippen LogP contribution in [-0.4, -0.2) is 18.8 Å². The maximum atomic E-state index is 13.3. The molecule has 1 aromatic rings. The average molecular weight is 257 g/mol. The summed E-state index contributed by atoms with van der Waals surface area (Å²) in [7, 11) is 0. The highest BCUT2D eigenvalue weighted by Gasteiger charge is 2.31. The Balaban J connectivity index is 3.10. The highest BCUT2D eigenvalue weighted by molar-refractivity contribution is 5.24. The molecule has 0 fully saturated rings. The fourth-order valence-corrected chi connectivity index (χ4v) is 2.17. The molecule has 0 aliphatic carbocycles. The molecule has 0 aliphatic rings. The van der Waals surface area contributed by atoms with Crippen molar-refractivity contribution in [3.63, 3.8) is 0 Å². The van der Waals surface area contributed by atoms with Crippen molar-refractivity contribution in [2.75, 3.05) is 13.2 Å². The van der Waals surface area contributed by atoms with Crippen molar-refractivity contribution in [1.29, 1.82) is 0 Å². The Hall–Kier alpha value is -1.00. The molecule has 0 aromatic heterocycles. The van der Waals surface area contributed by atoms with E-state index in [-0.39, 0.29) is 6.04 Å². The minimum absolute atomic E-state index is 0.257. The number of hydrogen-bond donors (Lipinski definition) is 1. The Labute approximate surface area is 107 Å². The van der Waals surface area contributed by atoms with Gasteiger partial charge in [-0.1, -0.05) is 6.92 Å². The number of halogens is 2. The maximum Gasteiger partial charge on any atom is 0.126 e. The molecule has 0 amide bonds. The van der Waals surface area contributed by atoms with E-state index in [2.05, 4.69) is 5.32 Å². The molecule has 0 spiro atoms. The lowest BCUT2D eigenvalue weighted by atomic mass is 9.91. The third kappa shape index (κ3) is 3.75. The van der Waals surface area contributed by atoms with Crippen molar-refractivity contribution < 1.29 is 13.5 Å². The first kappa shape index (κ1) is 15.1. The van der Waals surface area contributed by atoms with Gasteiger partial charge in [-0.15, -0.1) is 0 Å². The zero-order chi connectivity index (χ0) is 13.8. The topological polar surface area (TPSA) is 21.3 Å². The molecule has 102 valence electrons. The first-order valence-corrected chi connectivity index (χ1v) is 6.24. The minimum Gasteiger partial charge on any atom is -0.374 e. The Bertz CT molecular complexity index is 373. The minimum atomic E-state index is -0.569. The number of likely N-dealkylation sites (N-methyl/N-ethyl adjacent to an activating group) is 1. The molecular weight excluding hydrogens is 236 g/mol. The molecule has 1 atom stereocenters. The van der Waals surface area contributed by atoms with Gasteiger partial charge in [0.15, 0.2) is 0 Å². The lowest BCUT2D eigenvalue weighted by Crippen LogP contribution is -2.41. The number of ether oxygens (including phenoxy) is 1. The fourth-order valence-electron chi connectivity index (χ4n) is 2.17. The molecule has 18 heavy (non-hydrogen) atoms. The smallest absolute Gasteiger partial charge is 0.126 e. The van der Waals surface area contributed by atoms with Crippen LogP contribution in [0.4, 0.5) is 8.78 Å². The van der Waals surface area contributed by atoms with Crippen molar-refractivity contribution in [3.8, 4) is 0 Å². The lowest BCUT2D eigenvalue weighted by Gasteiger charge is -2.35. The lowest BCUT2D eigenvalue weighted by molar-refractivity contribution is -0.0389. The van der Waals surface area contributed by atoms with Gasteiger partial charge in [0.25, 0.3) is 0 Å². The van der Waals surface area contributed by atoms with Crippen LogP contribution in [0.3, 0.4) is 0 Å². The van der Waals surface area contributed by atoms with Crippen LogP contribution in [0, 0.1) is 11.6 Å². The predicted octanol–water partition coefficient (Wildman–Crippen LogP) is 3.43. The molecule has 1 rings (SSSR count). The molecule has 0 saturated carbocycles. The van der Waals surface area contributed by atoms with Crippen molar-refractivity contribution in [3.05, 3.63) is 35.4 Å². The van der Waals surface area contributed by atoms with Crippen LogP contribution in [-0.2, 0) is 4.74 Å². The van der Waals surface area contributed by atoms with Gasteiger partial charge in [-0.2, -0.15) is 0 Å². The summed E-state index contributed by atoms with van der Waals surface area (Å²) in [5.41, 5.74) is 0.0261. The second-order valence-electron chi connectivity index (χ2n) is 4.73.